The van der Waals surface area contributed by atoms with Crippen LogP contribution in [0, 0.1) is 0 Å². The summed E-state index contributed by atoms with van der Waals surface area (Å²) in [6, 6.07) is 9.85. The molecule has 0 aromatic heterocycles. The Bertz CT molecular complexity index is 1260. The SMILES string of the molecule is CC(C)(C)c1ccc(CCCc2ccc(N3CC(=O)NS3(=O)=O)c(O)c2)c(S(N)(=O)=O)c1. The highest BCUT2D eigenvalue weighted by Crippen LogP contribution is 2.32. The minimum Gasteiger partial charge on any atom is -0.506 e. The predicted octanol–water partition coefficient (Wildman–Crippen LogP) is 1.69. The van der Waals surface area contributed by atoms with Crippen LogP contribution in [0.4, 0.5) is 5.69 Å². The maximum Gasteiger partial charge on any atom is 0.326 e. The summed E-state index contributed by atoms with van der Waals surface area (Å²) in [6.07, 6.45) is 1.55. The van der Waals surface area contributed by atoms with E-state index in [1.165, 1.54) is 12.1 Å². The van der Waals surface area contributed by atoms with E-state index in [2.05, 4.69) is 0 Å². The summed E-state index contributed by atoms with van der Waals surface area (Å²) in [5.74, 6) is -0.932. The molecule has 0 radical (unpaired) electrons. The molecule has 1 aliphatic rings. The molecule has 1 fully saturated rings. The number of phenols is 1. The number of hydrogen-bond donors (Lipinski definition) is 3. The molecule has 174 valence electrons. The lowest BCUT2D eigenvalue weighted by molar-refractivity contribution is -0.117. The standard InChI is InChI=1S/C21H27N3O6S2/c1-21(2,3)16-9-8-15(19(12-16)31(22,27)28)6-4-5-14-7-10-17(18(25)11-14)24-13-20(26)23-32(24,29)30/h7-12,25H,4-6,13H2,1-3H3,(H,23,26)(H2,22,27,28). The molecule has 0 bridgehead atoms. The third kappa shape index (κ3) is 5.22. The Hall–Kier alpha value is -2.63. The van der Waals surface area contributed by atoms with Crippen molar-refractivity contribution in [3.63, 3.8) is 0 Å². The highest BCUT2D eigenvalue weighted by atomic mass is 32.2. The number of sulfonamides is 1. The average Bonchev–Trinajstić information content (AvgIpc) is 2.92. The molecule has 0 saturated carbocycles. The molecule has 3 rings (SSSR count). The van der Waals surface area contributed by atoms with Crippen LogP contribution >= 0.6 is 0 Å². The first-order valence-corrected chi connectivity index (χ1v) is 13.0. The molecule has 32 heavy (non-hydrogen) atoms. The lowest BCUT2D eigenvalue weighted by atomic mass is 9.86. The van der Waals surface area contributed by atoms with Gasteiger partial charge in [-0.15, -0.1) is 0 Å². The lowest BCUT2D eigenvalue weighted by Crippen LogP contribution is -2.29. The fraction of sp³-hybridized carbons (Fsp3) is 0.381. The summed E-state index contributed by atoms with van der Waals surface area (Å²) in [7, 11) is -7.89. The molecule has 11 heteroatoms. The summed E-state index contributed by atoms with van der Waals surface area (Å²) >= 11 is 0. The first-order chi connectivity index (χ1) is 14.7. The second kappa shape index (κ2) is 8.38. The van der Waals surface area contributed by atoms with Gasteiger partial charge in [-0.05, 0) is 59.6 Å². The van der Waals surface area contributed by atoms with E-state index in [9.17, 15) is 26.7 Å². The molecule has 2 aromatic carbocycles. The van der Waals surface area contributed by atoms with Crippen molar-refractivity contribution in [1.82, 2.24) is 4.72 Å². The molecule has 2 aromatic rings. The highest BCUT2D eigenvalue weighted by molar-refractivity contribution is 7.92. The quantitative estimate of drug-likeness (QED) is 0.572. The van der Waals surface area contributed by atoms with Crippen molar-refractivity contribution in [3.8, 4) is 5.75 Å². The van der Waals surface area contributed by atoms with Gasteiger partial charge in [-0.25, -0.2) is 22.6 Å². The molecule has 4 N–H and O–H groups in total. The van der Waals surface area contributed by atoms with Crippen LogP contribution in [0.15, 0.2) is 41.3 Å². The van der Waals surface area contributed by atoms with Crippen molar-refractivity contribution in [1.29, 1.82) is 0 Å². The van der Waals surface area contributed by atoms with Gasteiger partial charge in [0.05, 0.1) is 10.6 Å². The number of carbonyl (C=O) groups is 1. The minimum atomic E-state index is -4.01. The van der Waals surface area contributed by atoms with Crippen molar-refractivity contribution in [2.24, 2.45) is 5.14 Å². The minimum absolute atomic E-state index is 0.0152. The molecular weight excluding hydrogens is 454 g/mol. The number of phenolic OH excluding ortho intramolecular Hbond substituents is 1. The molecular formula is C21H27N3O6S2. The van der Waals surface area contributed by atoms with E-state index in [-0.39, 0.29) is 21.7 Å². The van der Waals surface area contributed by atoms with Gasteiger partial charge in [0, 0.05) is 0 Å². The zero-order chi connectivity index (χ0) is 23.9. The number of anilines is 1. The van der Waals surface area contributed by atoms with Gasteiger partial charge in [0.15, 0.2) is 0 Å². The van der Waals surface area contributed by atoms with Crippen LogP contribution in [0.3, 0.4) is 0 Å². The third-order valence-electron chi connectivity index (χ3n) is 5.28. The summed E-state index contributed by atoms with van der Waals surface area (Å²) < 4.78 is 50.8. The summed E-state index contributed by atoms with van der Waals surface area (Å²) in [4.78, 5) is 11.5. The zero-order valence-electron chi connectivity index (χ0n) is 18.1. The van der Waals surface area contributed by atoms with Gasteiger partial charge in [0.1, 0.15) is 12.3 Å². The van der Waals surface area contributed by atoms with Gasteiger partial charge in [-0.3, -0.25) is 4.79 Å². The molecule has 1 saturated heterocycles. The number of rotatable bonds is 6. The highest BCUT2D eigenvalue weighted by Gasteiger charge is 2.35. The molecule has 1 heterocycles. The Morgan fingerprint density at radius 1 is 1.12 bits per heavy atom. The third-order valence-corrected chi connectivity index (χ3v) is 7.66. The van der Waals surface area contributed by atoms with Gasteiger partial charge < -0.3 is 5.11 Å². The molecule has 9 nitrogen and oxygen atoms in total. The number of hydrogen-bond acceptors (Lipinski definition) is 6. The molecule has 0 aliphatic carbocycles. The lowest BCUT2D eigenvalue weighted by Gasteiger charge is -2.21. The number of nitrogens with two attached hydrogens (primary N) is 1. The van der Waals surface area contributed by atoms with Gasteiger partial charge in [0.25, 0.3) is 5.91 Å². The normalized spacial score (nSPS) is 16.2. The van der Waals surface area contributed by atoms with Gasteiger partial charge >= 0.3 is 10.2 Å². The second-order valence-corrected chi connectivity index (χ2v) is 12.0. The maximum absolute atomic E-state index is 12.1. The van der Waals surface area contributed by atoms with Crippen LogP contribution < -0.4 is 14.2 Å². The number of nitrogens with one attached hydrogen (secondary N) is 1. The number of carbonyl (C=O) groups excluding carboxylic acids is 1. The van der Waals surface area contributed by atoms with Crippen molar-refractivity contribution < 1.29 is 26.7 Å². The topological polar surface area (TPSA) is 147 Å². The number of amides is 1. The molecule has 1 amide bonds. The van der Waals surface area contributed by atoms with E-state index in [1.807, 2.05) is 31.6 Å². The first kappa shape index (κ1) is 24.0. The van der Waals surface area contributed by atoms with Crippen molar-refractivity contribution >= 4 is 31.8 Å². The summed E-state index contributed by atoms with van der Waals surface area (Å²) in [6.45, 7) is 5.58. The van der Waals surface area contributed by atoms with Crippen LogP contribution in [-0.2, 0) is 43.3 Å². The Morgan fingerprint density at radius 2 is 1.81 bits per heavy atom. The van der Waals surface area contributed by atoms with E-state index < -0.39 is 32.7 Å². The molecule has 0 spiro atoms. The van der Waals surface area contributed by atoms with E-state index in [1.54, 1.807) is 18.2 Å². The number of benzene rings is 2. The summed E-state index contributed by atoms with van der Waals surface area (Å²) in [5, 5.41) is 15.7. The average molecular weight is 482 g/mol. The Morgan fingerprint density at radius 3 is 2.34 bits per heavy atom. The largest absolute Gasteiger partial charge is 0.506 e. The van der Waals surface area contributed by atoms with Gasteiger partial charge in [-0.2, -0.15) is 8.42 Å². The second-order valence-electron chi connectivity index (χ2n) is 8.83. The smallest absolute Gasteiger partial charge is 0.326 e. The maximum atomic E-state index is 12.1. The summed E-state index contributed by atoms with van der Waals surface area (Å²) in [5.41, 5.74) is 2.02. The molecule has 0 atom stereocenters. The van der Waals surface area contributed by atoms with E-state index in [0.717, 1.165) is 15.4 Å². The fourth-order valence-electron chi connectivity index (χ4n) is 3.57. The number of aromatic hydroxyl groups is 1. The van der Waals surface area contributed by atoms with Crippen LogP contribution in [0.25, 0.3) is 0 Å². The van der Waals surface area contributed by atoms with Crippen LogP contribution in [0.1, 0.15) is 43.9 Å². The predicted molar refractivity (Wildman–Crippen MR) is 121 cm³/mol. The van der Waals surface area contributed by atoms with Crippen molar-refractivity contribution in [2.45, 2.75) is 50.3 Å². The van der Waals surface area contributed by atoms with Gasteiger partial charge in [-0.1, -0.05) is 39.0 Å². The fourth-order valence-corrected chi connectivity index (χ4v) is 5.56. The van der Waals surface area contributed by atoms with E-state index >= 15 is 0 Å². The first-order valence-electron chi connectivity index (χ1n) is 10.00. The Balaban J connectivity index is 1.75. The van der Waals surface area contributed by atoms with E-state index in [4.69, 9.17) is 5.14 Å². The Labute approximate surface area is 188 Å². The van der Waals surface area contributed by atoms with Crippen molar-refractivity contribution in [3.05, 3.63) is 53.1 Å². The van der Waals surface area contributed by atoms with Crippen LogP contribution in [0.5, 0.6) is 5.75 Å². The zero-order valence-corrected chi connectivity index (χ0v) is 19.8. The van der Waals surface area contributed by atoms with Crippen LogP contribution in [-0.4, -0.2) is 34.4 Å². The molecule has 0 unspecified atom stereocenters. The monoisotopic (exact) mass is 481 g/mol. The number of aryl methyl sites for hydroxylation is 2. The van der Waals surface area contributed by atoms with Crippen LogP contribution in [0.2, 0.25) is 0 Å². The number of nitrogens with zero attached hydrogens (tertiary/aromatic N) is 1. The Kier molecular flexibility index (Phi) is 6.29. The van der Waals surface area contributed by atoms with Crippen molar-refractivity contribution in [2.75, 3.05) is 10.8 Å². The van der Waals surface area contributed by atoms with E-state index in [0.29, 0.717) is 24.8 Å². The molecule has 1 aliphatic heterocycles. The number of primary sulfonamides is 1. The van der Waals surface area contributed by atoms with Gasteiger partial charge in [0.2, 0.25) is 10.0 Å².